The van der Waals surface area contributed by atoms with E-state index in [0.29, 0.717) is 0 Å². The van der Waals surface area contributed by atoms with Crippen molar-refractivity contribution in [2.75, 3.05) is 16.6 Å². The zero-order valence-electron chi connectivity index (χ0n) is 8.53. The van der Waals surface area contributed by atoms with Crippen molar-refractivity contribution in [3.8, 4) is 0 Å². The van der Waals surface area contributed by atoms with E-state index in [2.05, 4.69) is 29.2 Å². The van der Waals surface area contributed by atoms with Crippen LogP contribution >= 0.6 is 11.9 Å². The second kappa shape index (κ2) is 4.05. The van der Waals surface area contributed by atoms with Crippen LogP contribution in [-0.4, -0.2) is 17.3 Å². The van der Waals surface area contributed by atoms with Crippen LogP contribution in [0.2, 0.25) is 0 Å². The molecule has 1 aromatic heterocycles. The Morgan fingerprint density at radius 2 is 2.14 bits per heavy atom. The van der Waals surface area contributed by atoms with E-state index < -0.39 is 0 Å². The Kier molecular flexibility index (Phi) is 2.77. The highest BCUT2D eigenvalue weighted by Gasteiger charge is 2.15. The number of pyridine rings is 1. The minimum Gasteiger partial charge on any atom is -0.296 e. The van der Waals surface area contributed by atoms with Gasteiger partial charge in [0.15, 0.2) is 0 Å². The molecule has 0 unspecified atom stereocenters. The molecule has 2 nitrogen and oxygen atoms in total. The van der Waals surface area contributed by atoms with Gasteiger partial charge in [0, 0.05) is 11.9 Å². The SMILES string of the molecule is CC1=C(C)CN(c2ccccn2)SC1. The van der Waals surface area contributed by atoms with E-state index in [1.54, 1.807) is 0 Å². The van der Waals surface area contributed by atoms with Crippen LogP contribution in [0.4, 0.5) is 5.82 Å². The summed E-state index contributed by atoms with van der Waals surface area (Å²) >= 11 is 1.84. The lowest BCUT2D eigenvalue weighted by molar-refractivity contribution is 1.03. The van der Waals surface area contributed by atoms with Crippen LogP contribution in [0.1, 0.15) is 13.8 Å². The second-order valence-corrected chi connectivity index (χ2v) is 4.55. The standard InChI is InChI=1S/C11H14N2S/c1-9-7-13(14-8-10(9)2)11-5-3-4-6-12-11/h3-6H,7-8H2,1-2H3. The maximum absolute atomic E-state index is 4.34. The largest absolute Gasteiger partial charge is 0.296 e. The van der Waals surface area contributed by atoms with Crippen molar-refractivity contribution in [3.63, 3.8) is 0 Å². The Hall–Kier alpha value is -0.960. The summed E-state index contributed by atoms with van der Waals surface area (Å²) in [6, 6.07) is 6.04. The molecule has 0 radical (unpaired) electrons. The van der Waals surface area contributed by atoms with E-state index in [1.165, 1.54) is 11.1 Å². The van der Waals surface area contributed by atoms with Crippen LogP contribution in [0, 0.1) is 0 Å². The summed E-state index contributed by atoms with van der Waals surface area (Å²) in [5, 5.41) is 0. The summed E-state index contributed by atoms with van der Waals surface area (Å²) in [5.74, 6) is 2.15. The summed E-state index contributed by atoms with van der Waals surface area (Å²) in [6.45, 7) is 5.40. The van der Waals surface area contributed by atoms with E-state index in [4.69, 9.17) is 0 Å². The molecule has 1 aliphatic heterocycles. The first-order valence-electron chi connectivity index (χ1n) is 4.74. The summed E-state index contributed by atoms with van der Waals surface area (Å²) in [5.41, 5.74) is 2.97. The van der Waals surface area contributed by atoms with Gasteiger partial charge in [0.05, 0.1) is 6.54 Å². The van der Waals surface area contributed by atoms with Gasteiger partial charge in [-0.1, -0.05) is 17.2 Å². The molecule has 0 N–H and O–H groups in total. The molecule has 2 rings (SSSR count). The van der Waals surface area contributed by atoms with Crippen LogP contribution < -0.4 is 4.31 Å². The van der Waals surface area contributed by atoms with Gasteiger partial charge in [-0.05, 0) is 37.9 Å². The predicted molar refractivity (Wildman–Crippen MR) is 62.4 cm³/mol. The maximum atomic E-state index is 4.34. The minimum atomic E-state index is 0.994. The molecule has 74 valence electrons. The fourth-order valence-electron chi connectivity index (χ4n) is 1.34. The molecule has 0 spiro atoms. The van der Waals surface area contributed by atoms with Gasteiger partial charge in [-0.3, -0.25) is 4.31 Å². The van der Waals surface area contributed by atoms with Crippen molar-refractivity contribution in [1.29, 1.82) is 0 Å². The topological polar surface area (TPSA) is 16.1 Å². The number of anilines is 1. The molecule has 0 amide bonds. The third-order valence-corrected chi connectivity index (χ3v) is 3.64. The van der Waals surface area contributed by atoms with Crippen LogP contribution in [0.5, 0.6) is 0 Å². The van der Waals surface area contributed by atoms with Crippen LogP contribution in [0.3, 0.4) is 0 Å². The van der Waals surface area contributed by atoms with Gasteiger partial charge in [0.25, 0.3) is 0 Å². The molecule has 2 heterocycles. The molecule has 0 saturated carbocycles. The molecule has 3 heteroatoms. The monoisotopic (exact) mass is 206 g/mol. The van der Waals surface area contributed by atoms with E-state index in [9.17, 15) is 0 Å². The molecule has 0 aromatic carbocycles. The quantitative estimate of drug-likeness (QED) is 0.519. The highest BCUT2D eigenvalue weighted by Crippen LogP contribution is 2.28. The number of hydrogen-bond donors (Lipinski definition) is 0. The lowest BCUT2D eigenvalue weighted by Crippen LogP contribution is -2.23. The average molecular weight is 206 g/mol. The van der Waals surface area contributed by atoms with Gasteiger partial charge in [-0.2, -0.15) is 0 Å². The zero-order valence-corrected chi connectivity index (χ0v) is 9.34. The van der Waals surface area contributed by atoms with E-state index in [-0.39, 0.29) is 0 Å². The van der Waals surface area contributed by atoms with E-state index in [0.717, 1.165) is 18.1 Å². The highest BCUT2D eigenvalue weighted by atomic mass is 32.2. The van der Waals surface area contributed by atoms with Crippen molar-refractivity contribution < 1.29 is 0 Å². The lowest BCUT2D eigenvalue weighted by atomic mass is 10.2. The third kappa shape index (κ3) is 1.93. The van der Waals surface area contributed by atoms with Gasteiger partial charge in [-0.25, -0.2) is 4.98 Å². The fraction of sp³-hybridized carbons (Fsp3) is 0.364. The molecule has 0 atom stereocenters. The Balaban J connectivity index is 2.17. The fourth-order valence-corrected chi connectivity index (χ4v) is 2.46. The first-order chi connectivity index (χ1) is 6.77. The van der Waals surface area contributed by atoms with Gasteiger partial charge in [0.1, 0.15) is 5.82 Å². The van der Waals surface area contributed by atoms with Crippen LogP contribution in [0.25, 0.3) is 0 Å². The molecule has 0 fully saturated rings. The summed E-state index contributed by atoms with van der Waals surface area (Å²) in [6.07, 6.45) is 1.84. The number of nitrogens with zero attached hydrogens (tertiary/aromatic N) is 2. The number of rotatable bonds is 1. The van der Waals surface area contributed by atoms with Gasteiger partial charge in [-0.15, -0.1) is 0 Å². The summed E-state index contributed by atoms with van der Waals surface area (Å²) in [7, 11) is 0. The van der Waals surface area contributed by atoms with Gasteiger partial charge >= 0.3 is 0 Å². The van der Waals surface area contributed by atoms with Crippen LogP contribution in [-0.2, 0) is 0 Å². The zero-order chi connectivity index (χ0) is 9.97. The molecular weight excluding hydrogens is 192 g/mol. The Bertz CT molecular complexity index is 346. The lowest BCUT2D eigenvalue weighted by Gasteiger charge is -2.28. The van der Waals surface area contributed by atoms with Crippen molar-refractivity contribution in [2.45, 2.75) is 13.8 Å². The molecule has 14 heavy (non-hydrogen) atoms. The second-order valence-electron chi connectivity index (χ2n) is 3.56. The third-order valence-electron chi connectivity index (χ3n) is 2.45. The number of hydrogen-bond acceptors (Lipinski definition) is 3. The number of aromatic nitrogens is 1. The first kappa shape index (κ1) is 9.59. The van der Waals surface area contributed by atoms with Crippen molar-refractivity contribution in [3.05, 3.63) is 35.5 Å². The molecule has 1 aliphatic rings. The van der Waals surface area contributed by atoms with Gasteiger partial charge in [0.2, 0.25) is 0 Å². The molecule has 0 aliphatic carbocycles. The molecular formula is C11H14N2S. The summed E-state index contributed by atoms with van der Waals surface area (Å²) < 4.78 is 2.25. The predicted octanol–water partition coefficient (Wildman–Crippen LogP) is 2.89. The average Bonchev–Trinajstić information content (AvgIpc) is 2.23. The molecule has 0 saturated heterocycles. The van der Waals surface area contributed by atoms with Crippen molar-refractivity contribution in [2.24, 2.45) is 0 Å². The Morgan fingerprint density at radius 3 is 2.79 bits per heavy atom. The smallest absolute Gasteiger partial charge is 0.138 e. The Labute approximate surface area is 89.2 Å². The Morgan fingerprint density at radius 1 is 1.29 bits per heavy atom. The van der Waals surface area contributed by atoms with Gasteiger partial charge < -0.3 is 0 Å². The van der Waals surface area contributed by atoms with E-state index >= 15 is 0 Å². The normalized spacial score (nSPS) is 17.4. The first-order valence-corrected chi connectivity index (χ1v) is 5.68. The molecule has 0 bridgehead atoms. The molecule has 1 aromatic rings. The van der Waals surface area contributed by atoms with Crippen LogP contribution in [0.15, 0.2) is 35.5 Å². The summed E-state index contributed by atoms with van der Waals surface area (Å²) in [4.78, 5) is 4.34. The van der Waals surface area contributed by atoms with Crippen molar-refractivity contribution >= 4 is 17.8 Å². The van der Waals surface area contributed by atoms with E-state index in [1.807, 2.05) is 30.3 Å². The minimum absolute atomic E-state index is 0.994. The highest BCUT2D eigenvalue weighted by molar-refractivity contribution is 8.00. The van der Waals surface area contributed by atoms with Crippen molar-refractivity contribution in [1.82, 2.24) is 4.98 Å². The maximum Gasteiger partial charge on any atom is 0.138 e.